The van der Waals surface area contributed by atoms with Gasteiger partial charge in [-0.15, -0.1) is 10.2 Å². The van der Waals surface area contributed by atoms with Crippen LogP contribution >= 0.6 is 0 Å². The van der Waals surface area contributed by atoms with Crippen LogP contribution in [0.5, 0.6) is 0 Å². The number of aryl methyl sites for hydroxylation is 2. The Bertz CT molecular complexity index is 788. The second-order valence-electron chi connectivity index (χ2n) is 4.97. The molecular formula is C14H16N6O. The Morgan fingerprint density at radius 2 is 2.29 bits per heavy atom. The van der Waals surface area contributed by atoms with Crippen molar-refractivity contribution in [2.75, 3.05) is 6.54 Å². The zero-order chi connectivity index (χ0) is 14.8. The van der Waals surface area contributed by atoms with E-state index in [9.17, 15) is 4.79 Å². The first-order valence-corrected chi connectivity index (χ1v) is 6.72. The molecule has 7 nitrogen and oxygen atoms in total. The third kappa shape index (κ3) is 2.76. The van der Waals surface area contributed by atoms with E-state index >= 15 is 0 Å². The van der Waals surface area contributed by atoms with E-state index in [1.807, 2.05) is 6.20 Å². The molecule has 7 heteroatoms. The number of aromatic nitrogens is 5. The van der Waals surface area contributed by atoms with Gasteiger partial charge in [0.05, 0.1) is 7.05 Å². The summed E-state index contributed by atoms with van der Waals surface area (Å²) in [7, 11) is 1.62. The number of carbonyl (C=O) groups is 1. The van der Waals surface area contributed by atoms with Crippen molar-refractivity contribution in [2.24, 2.45) is 7.05 Å². The number of nitrogens with zero attached hydrogens (tertiary/aromatic N) is 4. The van der Waals surface area contributed by atoms with Crippen molar-refractivity contribution in [3.05, 3.63) is 41.3 Å². The second-order valence-corrected chi connectivity index (χ2v) is 4.97. The number of hydrogen-bond donors (Lipinski definition) is 2. The Kier molecular flexibility index (Phi) is 3.39. The number of H-pyrrole nitrogens is 1. The van der Waals surface area contributed by atoms with E-state index in [4.69, 9.17) is 0 Å². The maximum atomic E-state index is 11.8. The third-order valence-corrected chi connectivity index (χ3v) is 3.31. The van der Waals surface area contributed by atoms with Gasteiger partial charge in [0.2, 0.25) is 0 Å². The second kappa shape index (κ2) is 5.35. The summed E-state index contributed by atoms with van der Waals surface area (Å²) in [6, 6.07) is 6.30. The zero-order valence-electron chi connectivity index (χ0n) is 11.9. The van der Waals surface area contributed by atoms with Crippen LogP contribution in [0.2, 0.25) is 0 Å². The molecular weight excluding hydrogens is 268 g/mol. The minimum absolute atomic E-state index is 0.0899. The van der Waals surface area contributed by atoms with Crippen molar-refractivity contribution in [1.29, 1.82) is 0 Å². The van der Waals surface area contributed by atoms with Crippen molar-refractivity contribution in [2.45, 2.75) is 13.3 Å². The standard InChI is InChI=1S/C14H16N6O/c1-9-3-4-11-10(8-16-12(11)7-9)5-6-15-14(21)13-17-19-20(2)18-13/h3-4,7-8,16H,5-6H2,1-2H3,(H,15,21). The predicted octanol–water partition coefficient (Wildman–Crippen LogP) is 0.972. The molecule has 3 rings (SSSR count). The predicted molar refractivity (Wildman–Crippen MR) is 77.9 cm³/mol. The van der Waals surface area contributed by atoms with Gasteiger partial charge in [0.15, 0.2) is 0 Å². The van der Waals surface area contributed by atoms with Crippen molar-refractivity contribution in [3.8, 4) is 0 Å². The largest absolute Gasteiger partial charge is 0.361 e. The molecule has 3 aromatic rings. The maximum Gasteiger partial charge on any atom is 0.292 e. The fourth-order valence-electron chi connectivity index (χ4n) is 2.27. The fourth-order valence-corrected chi connectivity index (χ4v) is 2.27. The highest BCUT2D eigenvalue weighted by Crippen LogP contribution is 2.19. The summed E-state index contributed by atoms with van der Waals surface area (Å²) < 4.78 is 0. The number of rotatable bonds is 4. The van der Waals surface area contributed by atoms with Crippen molar-refractivity contribution >= 4 is 16.8 Å². The number of fused-ring (bicyclic) bond motifs is 1. The smallest absolute Gasteiger partial charge is 0.292 e. The number of nitrogens with one attached hydrogen (secondary N) is 2. The summed E-state index contributed by atoms with van der Waals surface area (Å²) in [6.07, 6.45) is 2.73. The molecule has 0 radical (unpaired) electrons. The Hall–Kier alpha value is -2.70. The molecule has 1 amide bonds. The van der Waals surface area contributed by atoms with Gasteiger partial charge in [-0.05, 0) is 35.8 Å². The lowest BCUT2D eigenvalue weighted by Gasteiger charge is -2.02. The molecule has 0 aliphatic heterocycles. The Morgan fingerprint density at radius 1 is 1.43 bits per heavy atom. The van der Waals surface area contributed by atoms with E-state index in [1.165, 1.54) is 21.3 Å². The zero-order valence-corrected chi connectivity index (χ0v) is 11.9. The van der Waals surface area contributed by atoms with E-state index in [2.05, 4.69) is 50.8 Å². The van der Waals surface area contributed by atoms with Crippen LogP contribution < -0.4 is 5.32 Å². The van der Waals surface area contributed by atoms with Gasteiger partial charge in [-0.25, -0.2) is 0 Å². The van der Waals surface area contributed by atoms with Crippen LogP contribution in [-0.2, 0) is 13.5 Å². The van der Waals surface area contributed by atoms with Crippen LogP contribution in [0.3, 0.4) is 0 Å². The topological polar surface area (TPSA) is 88.5 Å². The Morgan fingerprint density at radius 3 is 3.05 bits per heavy atom. The molecule has 2 heterocycles. The minimum atomic E-state index is -0.307. The highest BCUT2D eigenvalue weighted by molar-refractivity contribution is 5.90. The van der Waals surface area contributed by atoms with E-state index in [0.717, 1.165) is 11.9 Å². The lowest BCUT2D eigenvalue weighted by molar-refractivity contribution is 0.0943. The van der Waals surface area contributed by atoms with Gasteiger partial charge in [-0.1, -0.05) is 12.1 Å². The van der Waals surface area contributed by atoms with Gasteiger partial charge in [0, 0.05) is 23.6 Å². The average Bonchev–Trinajstić information content (AvgIpc) is 3.05. The van der Waals surface area contributed by atoms with Gasteiger partial charge in [-0.3, -0.25) is 4.79 Å². The maximum absolute atomic E-state index is 11.8. The monoisotopic (exact) mass is 284 g/mol. The minimum Gasteiger partial charge on any atom is -0.361 e. The quantitative estimate of drug-likeness (QED) is 0.747. The summed E-state index contributed by atoms with van der Waals surface area (Å²) in [6.45, 7) is 2.59. The van der Waals surface area contributed by atoms with Crippen LogP contribution in [0.1, 0.15) is 21.7 Å². The summed E-state index contributed by atoms with van der Waals surface area (Å²) in [5.74, 6) is -0.217. The summed E-state index contributed by atoms with van der Waals surface area (Å²) in [4.78, 5) is 16.3. The Labute approximate surface area is 121 Å². The highest BCUT2D eigenvalue weighted by Gasteiger charge is 2.11. The molecule has 0 aliphatic carbocycles. The number of aromatic amines is 1. The average molecular weight is 284 g/mol. The van der Waals surface area contributed by atoms with Gasteiger partial charge in [-0.2, -0.15) is 4.80 Å². The van der Waals surface area contributed by atoms with Crippen LogP contribution in [0.25, 0.3) is 10.9 Å². The summed E-state index contributed by atoms with van der Waals surface area (Å²) in [5.41, 5.74) is 3.52. The molecule has 0 atom stereocenters. The number of hydrogen-bond acceptors (Lipinski definition) is 4. The van der Waals surface area contributed by atoms with E-state index in [0.29, 0.717) is 6.54 Å². The van der Waals surface area contributed by atoms with Crippen molar-refractivity contribution in [1.82, 2.24) is 30.5 Å². The SMILES string of the molecule is Cc1ccc2c(CCNC(=O)c3nnn(C)n3)c[nH]c2c1. The first-order chi connectivity index (χ1) is 10.1. The van der Waals surface area contributed by atoms with Gasteiger partial charge < -0.3 is 10.3 Å². The lowest BCUT2D eigenvalue weighted by atomic mass is 10.1. The lowest BCUT2D eigenvalue weighted by Crippen LogP contribution is -2.26. The molecule has 2 aromatic heterocycles. The number of tetrazole rings is 1. The van der Waals surface area contributed by atoms with E-state index < -0.39 is 0 Å². The molecule has 0 spiro atoms. The molecule has 0 saturated heterocycles. The molecule has 1 aromatic carbocycles. The van der Waals surface area contributed by atoms with E-state index in [1.54, 1.807) is 7.05 Å². The molecule has 0 saturated carbocycles. The van der Waals surface area contributed by atoms with Gasteiger partial charge in [0.1, 0.15) is 0 Å². The van der Waals surface area contributed by atoms with E-state index in [-0.39, 0.29) is 11.7 Å². The highest BCUT2D eigenvalue weighted by atomic mass is 16.2. The molecule has 0 aliphatic rings. The molecule has 21 heavy (non-hydrogen) atoms. The van der Waals surface area contributed by atoms with Crippen LogP contribution in [0.15, 0.2) is 24.4 Å². The number of benzene rings is 1. The van der Waals surface area contributed by atoms with Crippen molar-refractivity contribution < 1.29 is 4.79 Å². The molecule has 0 unspecified atom stereocenters. The van der Waals surface area contributed by atoms with Crippen molar-refractivity contribution in [3.63, 3.8) is 0 Å². The summed E-state index contributed by atoms with van der Waals surface area (Å²) in [5, 5.41) is 15.2. The first kappa shape index (κ1) is 13.3. The normalized spacial score (nSPS) is 11.0. The number of amides is 1. The van der Waals surface area contributed by atoms with Crippen LogP contribution in [0.4, 0.5) is 0 Å². The van der Waals surface area contributed by atoms with Gasteiger partial charge >= 0.3 is 0 Å². The fraction of sp³-hybridized carbons (Fsp3) is 0.286. The Balaban J connectivity index is 1.63. The molecule has 2 N–H and O–H groups in total. The number of carbonyl (C=O) groups excluding carboxylic acids is 1. The summed E-state index contributed by atoms with van der Waals surface area (Å²) >= 11 is 0. The first-order valence-electron chi connectivity index (χ1n) is 6.72. The molecule has 108 valence electrons. The third-order valence-electron chi connectivity index (χ3n) is 3.31. The molecule has 0 fully saturated rings. The van der Waals surface area contributed by atoms with Gasteiger partial charge in [0.25, 0.3) is 11.7 Å². The van der Waals surface area contributed by atoms with Crippen LogP contribution in [-0.4, -0.2) is 37.6 Å². The molecule has 0 bridgehead atoms. The van der Waals surface area contributed by atoms with Crippen LogP contribution in [0, 0.1) is 6.92 Å².